The minimum Gasteiger partial charge on any atom is -0.360 e. The van der Waals surface area contributed by atoms with Crippen LogP contribution in [0.4, 0.5) is 5.69 Å². The van der Waals surface area contributed by atoms with Crippen molar-refractivity contribution in [3.8, 4) is 0 Å². The molecule has 1 heterocycles. The molecule has 5 heteroatoms. The number of nitrogens with one attached hydrogen (secondary N) is 2. The van der Waals surface area contributed by atoms with E-state index in [4.69, 9.17) is 17.3 Å². The molecule has 4 rings (SSSR count). The summed E-state index contributed by atoms with van der Waals surface area (Å²) in [5.74, 6) is 0. The fourth-order valence-corrected chi connectivity index (χ4v) is 3.45. The van der Waals surface area contributed by atoms with Gasteiger partial charge in [-0.3, -0.25) is 4.68 Å². The molecular formula is C20H22N4S. The van der Waals surface area contributed by atoms with E-state index in [9.17, 15) is 0 Å². The van der Waals surface area contributed by atoms with E-state index in [0.717, 1.165) is 23.6 Å². The van der Waals surface area contributed by atoms with Gasteiger partial charge in [-0.25, -0.2) is 0 Å². The van der Waals surface area contributed by atoms with Gasteiger partial charge in [-0.2, -0.15) is 5.10 Å². The highest BCUT2D eigenvalue weighted by molar-refractivity contribution is 7.80. The third-order valence-electron chi connectivity index (χ3n) is 4.73. The van der Waals surface area contributed by atoms with Crippen LogP contribution in [0.2, 0.25) is 0 Å². The van der Waals surface area contributed by atoms with E-state index >= 15 is 0 Å². The Morgan fingerprint density at radius 2 is 1.92 bits per heavy atom. The first-order valence-corrected chi connectivity index (χ1v) is 9.11. The second kappa shape index (κ2) is 6.48. The van der Waals surface area contributed by atoms with Crippen molar-refractivity contribution in [3.63, 3.8) is 0 Å². The van der Waals surface area contributed by atoms with Crippen LogP contribution in [0.1, 0.15) is 29.8 Å². The van der Waals surface area contributed by atoms with E-state index in [1.807, 2.05) is 6.92 Å². The number of hydrogen-bond acceptors (Lipinski definition) is 2. The van der Waals surface area contributed by atoms with Crippen molar-refractivity contribution in [3.05, 3.63) is 59.4 Å². The number of benzene rings is 2. The predicted molar refractivity (Wildman–Crippen MR) is 107 cm³/mol. The fraction of sp³-hybridized carbons (Fsp3) is 0.300. The molecule has 2 aromatic carbocycles. The Kier molecular flexibility index (Phi) is 4.17. The van der Waals surface area contributed by atoms with Crippen molar-refractivity contribution in [1.29, 1.82) is 0 Å². The van der Waals surface area contributed by atoms with Gasteiger partial charge in [0.2, 0.25) is 0 Å². The predicted octanol–water partition coefficient (Wildman–Crippen LogP) is 4.15. The van der Waals surface area contributed by atoms with E-state index in [1.165, 1.54) is 29.2 Å². The van der Waals surface area contributed by atoms with Crippen LogP contribution < -0.4 is 10.6 Å². The lowest BCUT2D eigenvalue weighted by molar-refractivity contribution is 0.662. The Morgan fingerprint density at radius 1 is 1.16 bits per heavy atom. The van der Waals surface area contributed by atoms with E-state index in [-0.39, 0.29) is 0 Å². The molecule has 1 saturated carbocycles. The van der Waals surface area contributed by atoms with Crippen molar-refractivity contribution >= 4 is 33.8 Å². The molecule has 0 saturated heterocycles. The first-order valence-electron chi connectivity index (χ1n) is 8.70. The molecule has 2 N–H and O–H groups in total. The first-order chi connectivity index (χ1) is 12.1. The third-order valence-corrected chi connectivity index (χ3v) is 4.95. The van der Waals surface area contributed by atoms with Gasteiger partial charge < -0.3 is 10.6 Å². The zero-order valence-electron chi connectivity index (χ0n) is 14.5. The number of hydrogen-bond donors (Lipinski definition) is 2. The zero-order chi connectivity index (χ0) is 17.4. The highest BCUT2D eigenvalue weighted by Gasteiger charge is 2.22. The van der Waals surface area contributed by atoms with Crippen molar-refractivity contribution < 1.29 is 0 Å². The van der Waals surface area contributed by atoms with Crippen LogP contribution in [0.5, 0.6) is 0 Å². The van der Waals surface area contributed by atoms with E-state index < -0.39 is 0 Å². The molecule has 0 bridgehead atoms. The molecule has 0 unspecified atom stereocenters. The van der Waals surface area contributed by atoms with Crippen molar-refractivity contribution in [1.82, 2.24) is 15.1 Å². The summed E-state index contributed by atoms with van der Waals surface area (Å²) in [6, 6.07) is 15.5. The summed E-state index contributed by atoms with van der Waals surface area (Å²) in [4.78, 5) is 0. The number of anilines is 1. The van der Waals surface area contributed by atoms with Crippen molar-refractivity contribution in [2.45, 2.75) is 39.3 Å². The monoisotopic (exact) mass is 350 g/mol. The zero-order valence-corrected chi connectivity index (χ0v) is 15.4. The molecule has 3 aromatic rings. The number of aryl methyl sites for hydroxylation is 1. The van der Waals surface area contributed by atoms with E-state index in [0.29, 0.717) is 11.2 Å². The Morgan fingerprint density at radius 3 is 2.72 bits per heavy atom. The molecule has 0 amide bonds. The Bertz CT molecular complexity index is 935. The molecule has 1 fully saturated rings. The SMILES string of the molecule is Cc1nn(Cc2cccc3ccccc23)c(C)c1NC(=S)NC1CC1. The standard InChI is InChI=1S/C20H22N4S/c1-13-19(22-20(25)21-17-10-11-17)14(2)24(23-13)12-16-8-5-7-15-6-3-4-9-18(15)16/h3-9,17H,10-12H2,1-2H3,(H2,21,22,25). The topological polar surface area (TPSA) is 41.9 Å². The van der Waals surface area contributed by atoms with Gasteiger partial charge in [-0.1, -0.05) is 42.5 Å². The molecular weight excluding hydrogens is 328 g/mol. The molecule has 128 valence electrons. The minimum absolute atomic E-state index is 0.548. The van der Waals surface area contributed by atoms with Crippen LogP contribution in [0.3, 0.4) is 0 Å². The van der Waals surface area contributed by atoms with Gasteiger partial charge >= 0.3 is 0 Å². The van der Waals surface area contributed by atoms with Crippen LogP contribution in [0, 0.1) is 13.8 Å². The average Bonchev–Trinajstić information content (AvgIpc) is 3.38. The molecule has 0 radical (unpaired) electrons. The summed E-state index contributed by atoms with van der Waals surface area (Å²) in [7, 11) is 0. The van der Waals surface area contributed by atoms with Gasteiger partial charge in [0.15, 0.2) is 5.11 Å². The molecule has 1 aliphatic rings. The normalized spacial score (nSPS) is 13.8. The molecule has 0 atom stereocenters. The third kappa shape index (κ3) is 3.37. The van der Waals surface area contributed by atoms with Gasteiger partial charge in [0.25, 0.3) is 0 Å². The number of thiocarbonyl (C=S) groups is 1. The van der Waals surface area contributed by atoms with Crippen LogP contribution >= 0.6 is 12.2 Å². The summed E-state index contributed by atoms with van der Waals surface area (Å²) in [6.45, 7) is 4.86. The quantitative estimate of drug-likeness (QED) is 0.694. The summed E-state index contributed by atoms with van der Waals surface area (Å²) < 4.78 is 2.05. The largest absolute Gasteiger partial charge is 0.360 e. The molecule has 4 nitrogen and oxygen atoms in total. The van der Waals surface area contributed by atoms with Crippen LogP contribution in [-0.4, -0.2) is 20.9 Å². The lowest BCUT2D eigenvalue weighted by Gasteiger charge is -2.11. The number of rotatable bonds is 4. The summed E-state index contributed by atoms with van der Waals surface area (Å²) in [6.07, 6.45) is 2.42. The van der Waals surface area contributed by atoms with Crippen molar-refractivity contribution in [2.75, 3.05) is 5.32 Å². The lowest BCUT2D eigenvalue weighted by Crippen LogP contribution is -2.30. The van der Waals surface area contributed by atoms with Gasteiger partial charge in [-0.05, 0) is 55.2 Å². The highest BCUT2D eigenvalue weighted by atomic mass is 32.1. The maximum Gasteiger partial charge on any atom is 0.171 e. The molecule has 1 aliphatic carbocycles. The Balaban J connectivity index is 1.60. The number of nitrogens with zero attached hydrogens (tertiary/aromatic N) is 2. The fourth-order valence-electron chi connectivity index (χ4n) is 3.19. The van der Waals surface area contributed by atoms with E-state index in [2.05, 4.69) is 64.7 Å². The maximum atomic E-state index is 5.41. The van der Waals surface area contributed by atoms with Gasteiger partial charge in [0, 0.05) is 6.04 Å². The Labute approximate surface area is 153 Å². The highest BCUT2D eigenvalue weighted by Crippen LogP contribution is 2.24. The molecule has 0 aliphatic heterocycles. The van der Waals surface area contributed by atoms with Crippen molar-refractivity contribution in [2.24, 2.45) is 0 Å². The summed E-state index contributed by atoms with van der Waals surface area (Å²) in [5, 5.41) is 14.6. The number of aromatic nitrogens is 2. The molecule has 1 aromatic heterocycles. The maximum absolute atomic E-state index is 5.41. The van der Waals surface area contributed by atoms with Gasteiger partial charge in [0.05, 0.1) is 23.6 Å². The second-order valence-electron chi connectivity index (χ2n) is 6.71. The minimum atomic E-state index is 0.548. The van der Waals surface area contributed by atoms with Crippen LogP contribution in [0.15, 0.2) is 42.5 Å². The van der Waals surface area contributed by atoms with Gasteiger partial charge in [-0.15, -0.1) is 0 Å². The average molecular weight is 350 g/mol. The van der Waals surface area contributed by atoms with Crippen LogP contribution in [-0.2, 0) is 6.54 Å². The van der Waals surface area contributed by atoms with Crippen LogP contribution in [0.25, 0.3) is 10.8 Å². The van der Waals surface area contributed by atoms with E-state index in [1.54, 1.807) is 0 Å². The first kappa shape index (κ1) is 16.1. The number of fused-ring (bicyclic) bond motifs is 1. The Hall–Kier alpha value is -2.40. The summed E-state index contributed by atoms with van der Waals surface area (Å²) >= 11 is 5.41. The smallest absolute Gasteiger partial charge is 0.171 e. The lowest BCUT2D eigenvalue weighted by atomic mass is 10.0. The molecule has 0 spiro atoms. The second-order valence-corrected chi connectivity index (χ2v) is 7.12. The van der Waals surface area contributed by atoms with Gasteiger partial charge in [0.1, 0.15) is 0 Å². The molecule has 25 heavy (non-hydrogen) atoms. The summed E-state index contributed by atoms with van der Waals surface area (Å²) in [5.41, 5.74) is 4.36.